The fourth-order valence-corrected chi connectivity index (χ4v) is 3.13. The van der Waals surface area contributed by atoms with Crippen LogP contribution in [-0.2, 0) is 14.2 Å². The Kier molecular flexibility index (Phi) is 6.28. The summed E-state index contributed by atoms with van der Waals surface area (Å²) in [6.45, 7) is 9.95. The third kappa shape index (κ3) is 6.28. The molecule has 2 rings (SSSR count). The van der Waals surface area contributed by atoms with Crippen LogP contribution in [0.3, 0.4) is 0 Å². The zero-order valence-electron chi connectivity index (χ0n) is 14.9. The predicted molar refractivity (Wildman–Crippen MR) is 88.3 cm³/mol. The lowest BCUT2D eigenvalue weighted by molar-refractivity contribution is -0.179. The molecule has 134 valence electrons. The van der Waals surface area contributed by atoms with Gasteiger partial charge in [0.1, 0.15) is 5.60 Å². The molecular formula is C17H32N2O4. The first-order valence-corrected chi connectivity index (χ1v) is 8.79. The Morgan fingerprint density at radius 2 is 1.87 bits per heavy atom. The largest absolute Gasteiger partial charge is 0.444 e. The molecule has 1 saturated carbocycles. The maximum absolute atomic E-state index is 11.7. The van der Waals surface area contributed by atoms with Gasteiger partial charge in [-0.15, -0.1) is 0 Å². The van der Waals surface area contributed by atoms with Gasteiger partial charge in [-0.3, -0.25) is 0 Å². The number of hydrogen-bond donors (Lipinski definition) is 2. The zero-order chi connectivity index (χ0) is 16.9. The average molecular weight is 328 g/mol. The van der Waals surface area contributed by atoms with Gasteiger partial charge in [-0.05, 0) is 53.5 Å². The second-order valence-corrected chi connectivity index (χ2v) is 7.67. The lowest BCUT2D eigenvalue weighted by Gasteiger charge is -2.35. The molecule has 2 fully saturated rings. The van der Waals surface area contributed by atoms with E-state index >= 15 is 0 Å². The van der Waals surface area contributed by atoms with E-state index in [0.29, 0.717) is 6.04 Å². The molecule has 0 radical (unpaired) electrons. The highest BCUT2D eigenvalue weighted by Crippen LogP contribution is 2.35. The first kappa shape index (κ1) is 18.5. The van der Waals surface area contributed by atoms with Crippen LogP contribution in [0.1, 0.15) is 59.8 Å². The van der Waals surface area contributed by atoms with Crippen molar-refractivity contribution in [1.82, 2.24) is 10.6 Å². The van der Waals surface area contributed by atoms with Crippen molar-refractivity contribution in [3.63, 3.8) is 0 Å². The van der Waals surface area contributed by atoms with Gasteiger partial charge < -0.3 is 24.8 Å². The Hall–Kier alpha value is -0.850. The predicted octanol–water partition coefficient (Wildman–Crippen LogP) is 2.57. The van der Waals surface area contributed by atoms with Crippen molar-refractivity contribution in [3.8, 4) is 0 Å². The van der Waals surface area contributed by atoms with E-state index in [1.807, 2.05) is 27.7 Å². The number of carbonyl (C=O) groups excluding carboxylic acids is 1. The number of carbonyl (C=O) groups is 1. The van der Waals surface area contributed by atoms with Crippen molar-refractivity contribution in [1.29, 1.82) is 0 Å². The standard InChI is InChI=1S/C17H32N2O4/c1-13(19-15(20)23-16(2,3)4)7-10-18-14-5-8-17(9-6-14)21-11-12-22-17/h13-14,18H,5-12H2,1-4H3,(H,19,20). The van der Waals surface area contributed by atoms with Crippen LogP contribution >= 0.6 is 0 Å². The average Bonchev–Trinajstić information content (AvgIpc) is 2.87. The molecule has 0 aromatic carbocycles. The van der Waals surface area contributed by atoms with Gasteiger partial charge in [-0.1, -0.05) is 0 Å². The first-order valence-electron chi connectivity index (χ1n) is 8.79. The van der Waals surface area contributed by atoms with Gasteiger partial charge in [0.05, 0.1) is 13.2 Å². The Labute approximate surface area is 139 Å². The van der Waals surface area contributed by atoms with Crippen LogP contribution in [0.25, 0.3) is 0 Å². The van der Waals surface area contributed by atoms with Gasteiger partial charge in [0.15, 0.2) is 5.79 Å². The van der Waals surface area contributed by atoms with Crippen LogP contribution in [0.15, 0.2) is 0 Å². The Morgan fingerprint density at radius 3 is 2.43 bits per heavy atom. The van der Waals surface area contributed by atoms with Crippen LogP contribution < -0.4 is 10.6 Å². The van der Waals surface area contributed by atoms with Gasteiger partial charge in [-0.2, -0.15) is 0 Å². The quantitative estimate of drug-likeness (QED) is 0.812. The summed E-state index contributed by atoms with van der Waals surface area (Å²) in [4.78, 5) is 11.7. The minimum absolute atomic E-state index is 0.0915. The van der Waals surface area contributed by atoms with Crippen LogP contribution in [0.2, 0.25) is 0 Å². The zero-order valence-corrected chi connectivity index (χ0v) is 14.9. The smallest absolute Gasteiger partial charge is 0.407 e. The third-order valence-electron chi connectivity index (χ3n) is 4.33. The number of nitrogens with one attached hydrogen (secondary N) is 2. The van der Waals surface area contributed by atoms with Crippen LogP contribution in [0.5, 0.6) is 0 Å². The molecule has 0 aromatic rings. The minimum Gasteiger partial charge on any atom is -0.444 e. The molecular weight excluding hydrogens is 296 g/mol. The molecule has 1 atom stereocenters. The minimum atomic E-state index is -0.454. The summed E-state index contributed by atoms with van der Waals surface area (Å²) in [6, 6.07) is 0.607. The number of amides is 1. The van der Waals surface area contributed by atoms with Crippen molar-refractivity contribution >= 4 is 6.09 Å². The summed E-state index contributed by atoms with van der Waals surface area (Å²) < 4.78 is 16.7. The molecule has 0 bridgehead atoms. The Bertz CT molecular complexity index is 379. The summed E-state index contributed by atoms with van der Waals surface area (Å²) >= 11 is 0. The second kappa shape index (κ2) is 7.81. The van der Waals surface area contributed by atoms with Gasteiger partial charge in [-0.25, -0.2) is 4.79 Å². The maximum Gasteiger partial charge on any atom is 0.407 e. The van der Waals surface area contributed by atoms with Gasteiger partial charge >= 0.3 is 6.09 Å². The molecule has 2 aliphatic rings. The summed E-state index contributed by atoms with van der Waals surface area (Å²) in [6.07, 6.45) is 4.63. The van der Waals surface area contributed by atoms with Gasteiger partial charge in [0, 0.05) is 24.9 Å². The van der Waals surface area contributed by atoms with Crippen molar-refractivity contribution < 1.29 is 19.0 Å². The van der Waals surface area contributed by atoms with Crippen molar-refractivity contribution in [2.45, 2.75) is 83.3 Å². The highest BCUT2D eigenvalue weighted by atomic mass is 16.7. The fourth-order valence-electron chi connectivity index (χ4n) is 3.13. The SMILES string of the molecule is CC(CCNC1CCC2(CC1)OCCO2)NC(=O)OC(C)(C)C. The summed E-state index contributed by atoms with van der Waals surface area (Å²) in [5.41, 5.74) is -0.454. The third-order valence-corrected chi connectivity index (χ3v) is 4.33. The molecule has 1 aliphatic carbocycles. The van der Waals surface area contributed by atoms with E-state index in [1.54, 1.807) is 0 Å². The van der Waals surface area contributed by atoms with Gasteiger partial charge in [0.2, 0.25) is 0 Å². The topological polar surface area (TPSA) is 68.8 Å². The number of alkyl carbamates (subject to hydrolysis) is 1. The number of hydrogen-bond acceptors (Lipinski definition) is 5. The van der Waals surface area contributed by atoms with E-state index in [-0.39, 0.29) is 17.9 Å². The normalized spacial score (nSPS) is 23.0. The van der Waals surface area contributed by atoms with Gasteiger partial charge in [0.25, 0.3) is 0 Å². The first-order chi connectivity index (χ1) is 10.8. The van der Waals surface area contributed by atoms with E-state index in [2.05, 4.69) is 10.6 Å². The summed E-state index contributed by atoms with van der Waals surface area (Å²) in [7, 11) is 0. The molecule has 1 heterocycles. The van der Waals surface area contributed by atoms with E-state index in [9.17, 15) is 4.79 Å². The summed E-state index contributed by atoms with van der Waals surface area (Å²) in [5.74, 6) is -0.288. The van der Waals surface area contributed by atoms with Crippen molar-refractivity contribution in [2.75, 3.05) is 19.8 Å². The molecule has 6 nitrogen and oxygen atoms in total. The van der Waals surface area contributed by atoms with Crippen LogP contribution in [-0.4, -0.2) is 49.3 Å². The van der Waals surface area contributed by atoms with E-state index < -0.39 is 5.60 Å². The Morgan fingerprint density at radius 1 is 1.26 bits per heavy atom. The highest BCUT2D eigenvalue weighted by Gasteiger charge is 2.40. The molecule has 1 saturated heterocycles. The summed E-state index contributed by atoms with van der Waals surface area (Å²) in [5, 5.41) is 6.45. The van der Waals surface area contributed by atoms with E-state index in [1.165, 1.54) is 0 Å². The molecule has 2 N–H and O–H groups in total. The molecule has 1 spiro atoms. The van der Waals surface area contributed by atoms with Crippen molar-refractivity contribution in [2.24, 2.45) is 0 Å². The maximum atomic E-state index is 11.7. The fraction of sp³-hybridized carbons (Fsp3) is 0.941. The van der Waals surface area contributed by atoms with E-state index in [4.69, 9.17) is 14.2 Å². The molecule has 1 amide bonds. The van der Waals surface area contributed by atoms with E-state index in [0.717, 1.165) is 51.9 Å². The molecule has 0 aromatic heterocycles. The molecule has 1 aliphatic heterocycles. The van der Waals surface area contributed by atoms with Crippen LogP contribution in [0.4, 0.5) is 4.79 Å². The lowest BCUT2D eigenvalue weighted by atomic mass is 9.90. The number of rotatable bonds is 5. The molecule has 6 heteroatoms. The monoisotopic (exact) mass is 328 g/mol. The van der Waals surface area contributed by atoms with Crippen molar-refractivity contribution in [3.05, 3.63) is 0 Å². The molecule has 1 unspecified atom stereocenters. The van der Waals surface area contributed by atoms with Crippen LogP contribution in [0, 0.1) is 0 Å². The Balaban J connectivity index is 1.57. The molecule has 23 heavy (non-hydrogen) atoms. The highest BCUT2D eigenvalue weighted by molar-refractivity contribution is 5.67. The second-order valence-electron chi connectivity index (χ2n) is 7.67. The lowest BCUT2D eigenvalue weighted by Crippen LogP contribution is -2.43. The number of ether oxygens (including phenoxy) is 3.